The third kappa shape index (κ3) is 4.34. The molecule has 1 N–H and O–H groups in total. The Balaban J connectivity index is 1.44. The topological polar surface area (TPSA) is 69.7 Å². The quantitative estimate of drug-likeness (QED) is 0.820. The average molecular weight is 351 g/mol. The second-order valence-electron chi connectivity index (χ2n) is 6.65. The van der Waals surface area contributed by atoms with E-state index < -0.39 is 10.0 Å². The van der Waals surface area contributed by atoms with Gasteiger partial charge in [-0.3, -0.25) is 9.69 Å². The van der Waals surface area contributed by atoms with E-state index in [9.17, 15) is 13.2 Å². The number of nitrogens with one attached hydrogen (secondary N) is 1. The van der Waals surface area contributed by atoms with E-state index in [0.29, 0.717) is 25.9 Å². The first-order chi connectivity index (χ1) is 11.5. The molecule has 0 aromatic heterocycles. The van der Waals surface area contributed by atoms with Crippen LogP contribution in [0.3, 0.4) is 0 Å². The van der Waals surface area contributed by atoms with Crippen molar-refractivity contribution in [3.05, 3.63) is 35.4 Å². The van der Waals surface area contributed by atoms with Gasteiger partial charge in [0.1, 0.15) is 0 Å². The van der Waals surface area contributed by atoms with Crippen molar-refractivity contribution < 1.29 is 13.2 Å². The molecular weight excluding hydrogens is 326 g/mol. The van der Waals surface area contributed by atoms with Gasteiger partial charge in [-0.15, -0.1) is 0 Å². The highest BCUT2D eigenvalue weighted by Crippen LogP contribution is 2.27. The van der Waals surface area contributed by atoms with Crippen molar-refractivity contribution in [2.24, 2.45) is 0 Å². The number of rotatable bonds is 6. The van der Waals surface area contributed by atoms with Crippen LogP contribution in [-0.2, 0) is 21.4 Å². The van der Waals surface area contributed by atoms with Gasteiger partial charge in [0.05, 0.1) is 11.8 Å². The number of carbonyl (C=O) groups excluding carboxylic acids is 1. The van der Waals surface area contributed by atoms with E-state index in [1.807, 2.05) is 12.1 Å². The summed E-state index contributed by atoms with van der Waals surface area (Å²) in [5, 5.41) is -0.281. The molecule has 0 spiro atoms. The molecule has 0 atom stereocenters. The maximum absolute atomic E-state index is 12.2. The fourth-order valence-corrected chi connectivity index (χ4v) is 4.27. The van der Waals surface area contributed by atoms with Crippen LogP contribution in [0.25, 0.3) is 0 Å². The van der Waals surface area contributed by atoms with Gasteiger partial charge in [0, 0.05) is 32.7 Å². The summed E-state index contributed by atoms with van der Waals surface area (Å²) in [7, 11) is -3.28. The first-order valence-corrected chi connectivity index (χ1v) is 10.0. The van der Waals surface area contributed by atoms with E-state index >= 15 is 0 Å². The van der Waals surface area contributed by atoms with E-state index in [1.54, 1.807) is 4.90 Å². The van der Waals surface area contributed by atoms with Gasteiger partial charge in [-0.1, -0.05) is 24.3 Å². The number of hydrogen-bond donors (Lipinski definition) is 1. The van der Waals surface area contributed by atoms with Gasteiger partial charge < -0.3 is 4.90 Å². The van der Waals surface area contributed by atoms with Gasteiger partial charge in [-0.05, 0) is 30.9 Å². The highest BCUT2D eigenvalue weighted by molar-refractivity contribution is 7.90. The first kappa shape index (κ1) is 17.4. The number of piperazine rings is 1. The number of hydrogen-bond acceptors (Lipinski definition) is 4. The Morgan fingerprint density at radius 3 is 2.46 bits per heavy atom. The van der Waals surface area contributed by atoms with Crippen LogP contribution in [0.15, 0.2) is 24.3 Å². The highest BCUT2D eigenvalue weighted by Gasteiger charge is 2.36. The Labute approximate surface area is 143 Å². The number of aryl methyl sites for hydroxylation is 1. The second-order valence-corrected chi connectivity index (χ2v) is 8.69. The maximum atomic E-state index is 12.2. The molecule has 1 aliphatic carbocycles. The van der Waals surface area contributed by atoms with Crippen LogP contribution < -0.4 is 4.72 Å². The van der Waals surface area contributed by atoms with Crippen LogP contribution in [0.1, 0.15) is 24.0 Å². The summed E-state index contributed by atoms with van der Waals surface area (Å²) in [6.45, 7) is 5.82. The molecule has 7 heteroatoms. The Hall–Kier alpha value is -1.44. The van der Waals surface area contributed by atoms with Crippen LogP contribution in [0.5, 0.6) is 0 Å². The zero-order chi connectivity index (χ0) is 17.2. The zero-order valence-corrected chi connectivity index (χ0v) is 14.9. The first-order valence-electron chi connectivity index (χ1n) is 8.49. The monoisotopic (exact) mass is 351 g/mol. The third-order valence-corrected chi connectivity index (χ3v) is 6.66. The summed E-state index contributed by atoms with van der Waals surface area (Å²) in [5.41, 5.74) is 2.60. The number of amides is 1. The molecule has 3 rings (SSSR count). The minimum absolute atomic E-state index is 0.114. The lowest BCUT2D eigenvalue weighted by Gasteiger charge is -2.35. The van der Waals surface area contributed by atoms with E-state index in [-0.39, 0.29) is 17.7 Å². The molecule has 24 heavy (non-hydrogen) atoms. The van der Waals surface area contributed by atoms with Gasteiger partial charge in [0.2, 0.25) is 15.9 Å². The normalized spacial score (nSPS) is 19.5. The highest BCUT2D eigenvalue weighted by atomic mass is 32.2. The summed E-state index contributed by atoms with van der Waals surface area (Å²) < 4.78 is 26.0. The largest absolute Gasteiger partial charge is 0.339 e. The Morgan fingerprint density at radius 1 is 1.17 bits per heavy atom. The van der Waals surface area contributed by atoms with E-state index in [2.05, 4.69) is 28.7 Å². The molecule has 6 nitrogen and oxygen atoms in total. The van der Waals surface area contributed by atoms with Crippen molar-refractivity contribution in [3.63, 3.8) is 0 Å². The standard InChI is InChI=1S/C17H25N3O3S/c1-14-4-2-3-5-15(14)13-19-8-10-20(11-9-19)17(21)12-18-24(22,23)16-6-7-16/h2-5,16,18H,6-13H2,1H3. The van der Waals surface area contributed by atoms with E-state index in [4.69, 9.17) is 0 Å². The summed E-state index contributed by atoms with van der Waals surface area (Å²) in [5.74, 6) is -0.130. The van der Waals surface area contributed by atoms with Gasteiger partial charge in [0.15, 0.2) is 0 Å². The summed E-state index contributed by atoms with van der Waals surface area (Å²) in [6, 6.07) is 8.34. The molecule has 1 saturated heterocycles. The molecule has 1 aromatic rings. The molecule has 1 aromatic carbocycles. The SMILES string of the molecule is Cc1ccccc1CN1CCN(C(=O)CNS(=O)(=O)C2CC2)CC1. The summed E-state index contributed by atoms with van der Waals surface area (Å²) in [4.78, 5) is 16.3. The van der Waals surface area contributed by atoms with Crippen molar-refractivity contribution in [2.45, 2.75) is 31.6 Å². The molecule has 0 unspecified atom stereocenters. The van der Waals surface area contributed by atoms with Gasteiger partial charge in [0.25, 0.3) is 0 Å². The Kier molecular flexibility index (Phi) is 5.22. The molecule has 1 aliphatic heterocycles. The fraction of sp³-hybridized carbons (Fsp3) is 0.588. The molecule has 1 heterocycles. The third-order valence-electron chi connectivity index (χ3n) is 4.77. The van der Waals surface area contributed by atoms with E-state index in [0.717, 1.165) is 19.6 Å². The zero-order valence-electron chi connectivity index (χ0n) is 14.1. The minimum atomic E-state index is -3.28. The smallest absolute Gasteiger partial charge is 0.237 e. The van der Waals surface area contributed by atoms with Crippen molar-refractivity contribution in [1.82, 2.24) is 14.5 Å². The average Bonchev–Trinajstić information content (AvgIpc) is 3.41. The number of sulfonamides is 1. The molecule has 0 bridgehead atoms. The van der Waals surface area contributed by atoms with Crippen LogP contribution in [0, 0.1) is 6.92 Å². The lowest BCUT2D eigenvalue weighted by atomic mass is 10.1. The summed E-state index contributed by atoms with van der Waals surface area (Å²) in [6.07, 6.45) is 1.42. The number of nitrogens with zero attached hydrogens (tertiary/aromatic N) is 2. The van der Waals surface area contributed by atoms with Gasteiger partial charge in [-0.25, -0.2) is 13.1 Å². The predicted molar refractivity (Wildman–Crippen MR) is 93.0 cm³/mol. The molecule has 1 amide bonds. The van der Waals surface area contributed by atoms with Gasteiger partial charge in [-0.2, -0.15) is 0 Å². The van der Waals surface area contributed by atoms with Crippen LogP contribution in [0.2, 0.25) is 0 Å². The molecule has 132 valence electrons. The lowest BCUT2D eigenvalue weighted by molar-refractivity contribution is -0.131. The molecule has 2 aliphatic rings. The maximum Gasteiger partial charge on any atom is 0.237 e. The van der Waals surface area contributed by atoms with Gasteiger partial charge >= 0.3 is 0 Å². The van der Waals surface area contributed by atoms with Crippen molar-refractivity contribution >= 4 is 15.9 Å². The van der Waals surface area contributed by atoms with Crippen molar-refractivity contribution in [1.29, 1.82) is 0 Å². The predicted octanol–water partition coefficient (Wildman–Crippen LogP) is 0.721. The molecular formula is C17H25N3O3S. The molecule has 2 fully saturated rings. The number of carbonyl (C=O) groups is 1. The van der Waals surface area contributed by atoms with E-state index in [1.165, 1.54) is 11.1 Å². The molecule has 1 saturated carbocycles. The summed E-state index contributed by atoms with van der Waals surface area (Å²) >= 11 is 0. The minimum Gasteiger partial charge on any atom is -0.339 e. The molecule has 0 radical (unpaired) electrons. The van der Waals surface area contributed by atoms with Crippen LogP contribution >= 0.6 is 0 Å². The van der Waals surface area contributed by atoms with Crippen LogP contribution in [0.4, 0.5) is 0 Å². The Morgan fingerprint density at radius 2 is 1.83 bits per heavy atom. The van der Waals surface area contributed by atoms with Crippen molar-refractivity contribution in [3.8, 4) is 0 Å². The van der Waals surface area contributed by atoms with Crippen molar-refractivity contribution in [2.75, 3.05) is 32.7 Å². The Bertz CT molecular complexity index is 693. The number of benzene rings is 1. The second kappa shape index (κ2) is 7.21. The fourth-order valence-electron chi connectivity index (χ4n) is 2.95. The van der Waals surface area contributed by atoms with Crippen LogP contribution in [-0.4, -0.2) is 62.1 Å². The lowest BCUT2D eigenvalue weighted by Crippen LogP contribution is -2.51.